The lowest BCUT2D eigenvalue weighted by molar-refractivity contribution is -0.130. The third-order valence-corrected chi connectivity index (χ3v) is 4.88. The Labute approximate surface area is 157 Å². The average Bonchev–Trinajstić information content (AvgIpc) is 3.38. The molecule has 2 heterocycles. The molecular formula is C22H20N2O3. The number of rotatable bonds is 5. The second kappa shape index (κ2) is 7.58. The molecule has 1 saturated heterocycles. The number of carbonyl (C=O) groups is 2. The molecule has 1 atom stereocenters. The predicted octanol–water partition coefficient (Wildman–Crippen LogP) is 3.76. The molecule has 0 saturated carbocycles. The summed E-state index contributed by atoms with van der Waals surface area (Å²) < 4.78 is 5.37. The summed E-state index contributed by atoms with van der Waals surface area (Å²) in [6.07, 6.45) is 1.67. The van der Waals surface area contributed by atoms with Crippen molar-refractivity contribution in [1.82, 2.24) is 10.1 Å². The fourth-order valence-corrected chi connectivity index (χ4v) is 3.52. The van der Waals surface area contributed by atoms with Crippen LogP contribution in [0.5, 0.6) is 0 Å². The second-order valence-electron chi connectivity index (χ2n) is 6.70. The lowest BCUT2D eigenvalue weighted by Gasteiger charge is -2.23. The number of Topliss-reactive ketones (excluding diaryl/α,β-unsaturated/α-hetero) is 1. The van der Waals surface area contributed by atoms with Crippen LogP contribution in [0.15, 0.2) is 71.3 Å². The van der Waals surface area contributed by atoms with Gasteiger partial charge in [-0.1, -0.05) is 65.8 Å². The number of benzene rings is 2. The first kappa shape index (κ1) is 17.2. The Morgan fingerprint density at radius 2 is 1.74 bits per heavy atom. The molecule has 1 amide bonds. The summed E-state index contributed by atoms with van der Waals surface area (Å²) in [7, 11) is 0. The number of ketones is 1. The van der Waals surface area contributed by atoms with Crippen molar-refractivity contribution in [3.63, 3.8) is 0 Å². The maximum atomic E-state index is 12.8. The van der Waals surface area contributed by atoms with E-state index in [1.807, 2.05) is 48.5 Å². The molecule has 5 heteroatoms. The maximum Gasteiger partial charge on any atom is 0.229 e. The van der Waals surface area contributed by atoms with E-state index >= 15 is 0 Å². The van der Waals surface area contributed by atoms with E-state index in [2.05, 4.69) is 5.16 Å². The van der Waals surface area contributed by atoms with Gasteiger partial charge in [0, 0.05) is 23.7 Å². The van der Waals surface area contributed by atoms with Crippen LogP contribution < -0.4 is 0 Å². The van der Waals surface area contributed by atoms with Gasteiger partial charge < -0.3 is 9.42 Å². The topological polar surface area (TPSA) is 63.4 Å². The fourth-order valence-electron chi connectivity index (χ4n) is 3.52. The molecule has 1 aliphatic heterocycles. The minimum absolute atomic E-state index is 0.00609. The number of likely N-dealkylation sites (tertiary alicyclic amines) is 1. The predicted molar refractivity (Wildman–Crippen MR) is 101 cm³/mol. The Kier molecular flexibility index (Phi) is 4.83. The van der Waals surface area contributed by atoms with Gasteiger partial charge in [-0.05, 0) is 12.8 Å². The monoisotopic (exact) mass is 360 g/mol. The van der Waals surface area contributed by atoms with Crippen molar-refractivity contribution in [2.75, 3.05) is 6.54 Å². The maximum absolute atomic E-state index is 12.8. The molecule has 0 radical (unpaired) electrons. The van der Waals surface area contributed by atoms with Crippen LogP contribution in [0.3, 0.4) is 0 Å². The summed E-state index contributed by atoms with van der Waals surface area (Å²) >= 11 is 0. The van der Waals surface area contributed by atoms with Crippen LogP contribution in [-0.4, -0.2) is 34.3 Å². The van der Waals surface area contributed by atoms with Gasteiger partial charge in [-0.2, -0.15) is 0 Å². The molecular weight excluding hydrogens is 340 g/mol. The molecule has 0 aliphatic carbocycles. The van der Waals surface area contributed by atoms with Crippen molar-refractivity contribution in [1.29, 1.82) is 0 Å². The summed E-state index contributed by atoms with van der Waals surface area (Å²) in [5.74, 6) is 0.554. The SMILES string of the molecule is O=C(c1ccccc1)C1CCCN1C(=O)Cc1cc(-c2ccccc2)on1. The summed E-state index contributed by atoms with van der Waals surface area (Å²) in [6, 6.07) is 20.2. The third kappa shape index (κ3) is 3.67. The van der Waals surface area contributed by atoms with Crippen LogP contribution in [0.1, 0.15) is 28.9 Å². The average molecular weight is 360 g/mol. The number of aromatic nitrogens is 1. The van der Waals surface area contributed by atoms with Crippen molar-refractivity contribution in [2.45, 2.75) is 25.3 Å². The van der Waals surface area contributed by atoms with Gasteiger partial charge in [-0.25, -0.2) is 0 Å². The van der Waals surface area contributed by atoms with E-state index in [-0.39, 0.29) is 24.2 Å². The molecule has 1 fully saturated rings. The molecule has 27 heavy (non-hydrogen) atoms. The summed E-state index contributed by atoms with van der Waals surface area (Å²) in [4.78, 5) is 27.3. The molecule has 4 rings (SSSR count). The van der Waals surface area contributed by atoms with Crippen molar-refractivity contribution >= 4 is 11.7 Å². The van der Waals surface area contributed by atoms with E-state index < -0.39 is 0 Å². The molecule has 0 spiro atoms. The summed E-state index contributed by atoms with van der Waals surface area (Å²) in [6.45, 7) is 0.603. The van der Waals surface area contributed by atoms with Crippen molar-refractivity contribution in [3.05, 3.63) is 78.0 Å². The first-order valence-electron chi connectivity index (χ1n) is 9.12. The quantitative estimate of drug-likeness (QED) is 0.650. The van der Waals surface area contributed by atoms with Crippen molar-refractivity contribution in [3.8, 4) is 11.3 Å². The molecule has 1 aliphatic rings. The molecule has 136 valence electrons. The summed E-state index contributed by atoms with van der Waals surface area (Å²) in [5.41, 5.74) is 2.15. The smallest absolute Gasteiger partial charge is 0.229 e. The van der Waals surface area contributed by atoms with E-state index in [1.54, 1.807) is 23.1 Å². The van der Waals surface area contributed by atoms with Crippen LogP contribution in [0.25, 0.3) is 11.3 Å². The Bertz CT molecular complexity index is 934. The third-order valence-electron chi connectivity index (χ3n) is 4.88. The minimum Gasteiger partial charge on any atom is -0.356 e. The van der Waals surface area contributed by atoms with E-state index in [4.69, 9.17) is 4.52 Å². The number of amides is 1. The number of nitrogens with zero attached hydrogens (tertiary/aromatic N) is 2. The Morgan fingerprint density at radius 1 is 1.04 bits per heavy atom. The van der Waals surface area contributed by atoms with Gasteiger partial charge in [-0.15, -0.1) is 0 Å². The van der Waals surface area contributed by atoms with E-state index in [1.165, 1.54) is 0 Å². The van der Waals surface area contributed by atoms with E-state index in [0.717, 1.165) is 12.0 Å². The zero-order valence-electron chi connectivity index (χ0n) is 14.9. The minimum atomic E-state index is -0.389. The molecule has 2 aromatic carbocycles. The van der Waals surface area contributed by atoms with Gasteiger partial charge in [0.1, 0.15) is 0 Å². The van der Waals surface area contributed by atoms with E-state index in [0.29, 0.717) is 30.0 Å². The van der Waals surface area contributed by atoms with E-state index in [9.17, 15) is 9.59 Å². The highest BCUT2D eigenvalue weighted by Gasteiger charge is 2.34. The molecule has 0 N–H and O–H groups in total. The van der Waals surface area contributed by atoms with Gasteiger partial charge in [-0.3, -0.25) is 9.59 Å². The van der Waals surface area contributed by atoms with Gasteiger partial charge in [0.05, 0.1) is 18.2 Å². The molecule has 1 unspecified atom stereocenters. The van der Waals surface area contributed by atoms with Gasteiger partial charge in [0.2, 0.25) is 5.91 Å². The largest absolute Gasteiger partial charge is 0.356 e. The van der Waals surface area contributed by atoms with Crippen molar-refractivity contribution in [2.24, 2.45) is 0 Å². The Hall–Kier alpha value is -3.21. The highest BCUT2D eigenvalue weighted by molar-refractivity contribution is 6.02. The zero-order chi connectivity index (χ0) is 18.6. The van der Waals surface area contributed by atoms with Crippen LogP contribution in [0.4, 0.5) is 0 Å². The number of hydrogen-bond acceptors (Lipinski definition) is 4. The molecule has 1 aromatic heterocycles. The highest BCUT2D eigenvalue weighted by Crippen LogP contribution is 2.24. The lowest BCUT2D eigenvalue weighted by Crippen LogP contribution is -2.41. The van der Waals surface area contributed by atoms with Crippen LogP contribution in [-0.2, 0) is 11.2 Å². The van der Waals surface area contributed by atoms with Crippen LogP contribution in [0.2, 0.25) is 0 Å². The highest BCUT2D eigenvalue weighted by atomic mass is 16.5. The molecule has 5 nitrogen and oxygen atoms in total. The first-order valence-corrected chi connectivity index (χ1v) is 9.12. The second-order valence-corrected chi connectivity index (χ2v) is 6.70. The van der Waals surface area contributed by atoms with Gasteiger partial charge >= 0.3 is 0 Å². The first-order chi connectivity index (χ1) is 13.2. The normalized spacial score (nSPS) is 16.4. The molecule has 0 bridgehead atoms. The fraction of sp³-hybridized carbons (Fsp3) is 0.227. The molecule has 3 aromatic rings. The lowest BCUT2D eigenvalue weighted by atomic mass is 10.0. The summed E-state index contributed by atoms with van der Waals surface area (Å²) in [5, 5.41) is 4.02. The Morgan fingerprint density at radius 3 is 2.48 bits per heavy atom. The van der Waals surface area contributed by atoms with Gasteiger partial charge in [0.25, 0.3) is 0 Å². The zero-order valence-corrected chi connectivity index (χ0v) is 14.9. The Balaban J connectivity index is 1.46. The van der Waals surface area contributed by atoms with Crippen molar-refractivity contribution < 1.29 is 14.1 Å². The van der Waals surface area contributed by atoms with Crippen LogP contribution >= 0.6 is 0 Å². The number of carbonyl (C=O) groups excluding carboxylic acids is 2. The van der Waals surface area contributed by atoms with Gasteiger partial charge in [0.15, 0.2) is 11.5 Å². The van der Waals surface area contributed by atoms with Crippen LogP contribution in [0, 0.1) is 0 Å². The number of hydrogen-bond donors (Lipinski definition) is 0. The standard InChI is InChI=1S/C22H20N2O3/c25-21(15-18-14-20(27-23-18)16-8-3-1-4-9-16)24-13-7-12-19(24)22(26)17-10-5-2-6-11-17/h1-6,8-11,14,19H,7,12-13,15H2.